The number of hydrogen-bond acceptors (Lipinski definition) is 2. The monoisotopic (exact) mass is 226 g/mol. The lowest BCUT2D eigenvalue weighted by molar-refractivity contribution is -0.141. The van der Waals surface area contributed by atoms with Gasteiger partial charge in [0.2, 0.25) is 0 Å². The Kier molecular flexibility index (Phi) is 3.52. The van der Waals surface area contributed by atoms with Crippen molar-refractivity contribution in [3.05, 3.63) is 28.6 Å². The lowest BCUT2D eigenvalue weighted by Gasteiger charge is -2.13. The minimum Gasteiger partial charge on any atom is -0.507 e. The topological polar surface area (TPSA) is 57.5 Å². The first-order chi connectivity index (χ1) is 7.34. The molecule has 0 aliphatic heterocycles. The van der Waals surface area contributed by atoms with E-state index in [1.165, 1.54) is 13.0 Å². The number of carboxylic acid groups (broad SMARTS) is 1. The highest BCUT2D eigenvalue weighted by Gasteiger charge is 2.18. The zero-order chi connectivity index (χ0) is 12.5. The quantitative estimate of drug-likeness (QED) is 0.832. The average Bonchev–Trinajstić information content (AvgIpc) is 2.21. The second kappa shape index (κ2) is 4.51. The number of halogens is 1. The highest BCUT2D eigenvalue weighted by Crippen LogP contribution is 2.29. The van der Waals surface area contributed by atoms with Crippen molar-refractivity contribution in [3.8, 4) is 5.75 Å². The van der Waals surface area contributed by atoms with E-state index in [0.717, 1.165) is 0 Å². The number of hydrogen-bond donors (Lipinski definition) is 2. The van der Waals surface area contributed by atoms with Gasteiger partial charge < -0.3 is 10.2 Å². The Hall–Kier alpha value is -1.58. The van der Waals surface area contributed by atoms with Crippen LogP contribution >= 0.6 is 0 Å². The Morgan fingerprint density at radius 2 is 2.06 bits per heavy atom. The van der Waals surface area contributed by atoms with Crippen molar-refractivity contribution < 1.29 is 19.4 Å². The highest BCUT2D eigenvalue weighted by atomic mass is 19.1. The van der Waals surface area contributed by atoms with E-state index in [2.05, 4.69) is 0 Å². The molecule has 0 amide bonds. The Bertz CT molecular complexity index is 401. The minimum atomic E-state index is -0.958. The number of phenols is 1. The van der Waals surface area contributed by atoms with Gasteiger partial charge >= 0.3 is 5.97 Å². The van der Waals surface area contributed by atoms with Gasteiger partial charge in [0, 0.05) is 5.56 Å². The fourth-order valence-corrected chi connectivity index (χ4v) is 1.57. The molecule has 0 aliphatic carbocycles. The summed E-state index contributed by atoms with van der Waals surface area (Å²) >= 11 is 0. The number of benzene rings is 1. The molecular weight excluding hydrogens is 211 g/mol. The summed E-state index contributed by atoms with van der Waals surface area (Å²) < 4.78 is 13.4. The van der Waals surface area contributed by atoms with Crippen LogP contribution in [-0.2, 0) is 11.2 Å². The first-order valence-electron chi connectivity index (χ1n) is 5.05. The Balaban J connectivity index is 3.17. The largest absolute Gasteiger partial charge is 0.507 e. The molecule has 1 rings (SSSR count). The van der Waals surface area contributed by atoms with E-state index in [0.29, 0.717) is 16.7 Å². The first kappa shape index (κ1) is 12.5. The van der Waals surface area contributed by atoms with Crippen LogP contribution in [0.2, 0.25) is 0 Å². The molecular formula is C12H15FO3. The normalized spacial score (nSPS) is 12.5. The summed E-state index contributed by atoms with van der Waals surface area (Å²) in [5.74, 6) is -2.03. The predicted molar refractivity (Wildman–Crippen MR) is 58.0 cm³/mol. The van der Waals surface area contributed by atoms with Crippen LogP contribution in [0.15, 0.2) is 6.07 Å². The molecule has 0 spiro atoms. The SMILES string of the molecule is Cc1cc(F)c(C)c(CC(C)C(=O)O)c1O. The lowest BCUT2D eigenvalue weighted by Crippen LogP contribution is -2.13. The number of rotatable bonds is 3. The van der Waals surface area contributed by atoms with E-state index in [1.54, 1.807) is 13.8 Å². The molecule has 3 nitrogen and oxygen atoms in total. The third-order valence-corrected chi connectivity index (χ3v) is 2.75. The van der Waals surface area contributed by atoms with Crippen molar-refractivity contribution in [3.63, 3.8) is 0 Å². The van der Waals surface area contributed by atoms with Crippen LogP contribution in [0.4, 0.5) is 4.39 Å². The molecule has 4 heteroatoms. The third kappa shape index (κ3) is 2.32. The Morgan fingerprint density at radius 3 is 2.56 bits per heavy atom. The van der Waals surface area contributed by atoms with Crippen LogP contribution < -0.4 is 0 Å². The summed E-state index contributed by atoms with van der Waals surface area (Å²) in [5, 5.41) is 18.6. The number of aryl methyl sites for hydroxylation is 1. The zero-order valence-corrected chi connectivity index (χ0v) is 9.54. The van der Waals surface area contributed by atoms with Gasteiger partial charge in [-0.1, -0.05) is 6.92 Å². The first-order valence-corrected chi connectivity index (χ1v) is 5.05. The molecule has 2 N–H and O–H groups in total. The van der Waals surface area contributed by atoms with Crippen LogP contribution in [0, 0.1) is 25.6 Å². The van der Waals surface area contributed by atoms with Gasteiger partial charge in [-0.25, -0.2) is 4.39 Å². The second-order valence-corrected chi connectivity index (χ2v) is 4.07. The zero-order valence-electron chi connectivity index (χ0n) is 9.54. The predicted octanol–water partition coefficient (Wildman–Crippen LogP) is 2.41. The van der Waals surface area contributed by atoms with Crippen LogP contribution in [0.5, 0.6) is 5.75 Å². The van der Waals surface area contributed by atoms with Crippen molar-refractivity contribution in [2.24, 2.45) is 5.92 Å². The highest BCUT2D eigenvalue weighted by molar-refractivity contribution is 5.70. The second-order valence-electron chi connectivity index (χ2n) is 4.07. The molecule has 0 saturated heterocycles. The number of carbonyl (C=O) groups is 1. The maximum atomic E-state index is 13.4. The molecule has 0 aromatic heterocycles. The van der Waals surface area contributed by atoms with Gasteiger partial charge in [-0.3, -0.25) is 4.79 Å². The fourth-order valence-electron chi connectivity index (χ4n) is 1.57. The maximum Gasteiger partial charge on any atom is 0.306 e. The van der Waals surface area contributed by atoms with E-state index in [4.69, 9.17) is 5.11 Å². The smallest absolute Gasteiger partial charge is 0.306 e. The Morgan fingerprint density at radius 1 is 1.50 bits per heavy atom. The van der Waals surface area contributed by atoms with E-state index in [1.807, 2.05) is 0 Å². The molecule has 1 unspecified atom stereocenters. The maximum absolute atomic E-state index is 13.4. The molecule has 16 heavy (non-hydrogen) atoms. The minimum absolute atomic E-state index is 0.00741. The number of aromatic hydroxyl groups is 1. The molecule has 1 aromatic rings. The molecule has 0 radical (unpaired) electrons. The van der Waals surface area contributed by atoms with Gasteiger partial charge in [0.1, 0.15) is 11.6 Å². The molecule has 88 valence electrons. The van der Waals surface area contributed by atoms with Crippen molar-refractivity contribution in [2.75, 3.05) is 0 Å². The van der Waals surface area contributed by atoms with E-state index < -0.39 is 17.7 Å². The number of phenolic OH excluding ortho intramolecular Hbond substituents is 1. The van der Waals surface area contributed by atoms with Gasteiger partial charge in [0.05, 0.1) is 5.92 Å². The summed E-state index contributed by atoms with van der Waals surface area (Å²) in [4.78, 5) is 10.7. The van der Waals surface area contributed by atoms with E-state index in [9.17, 15) is 14.3 Å². The fraction of sp³-hybridized carbons (Fsp3) is 0.417. The van der Waals surface area contributed by atoms with Gasteiger partial charge in [0.15, 0.2) is 0 Å². The van der Waals surface area contributed by atoms with Gasteiger partial charge in [-0.05, 0) is 37.5 Å². The molecule has 0 heterocycles. The molecule has 0 fully saturated rings. The van der Waals surface area contributed by atoms with Crippen LogP contribution in [0.25, 0.3) is 0 Å². The third-order valence-electron chi connectivity index (χ3n) is 2.75. The summed E-state index contributed by atoms with van der Waals surface area (Å²) in [6.45, 7) is 4.66. The number of carboxylic acids is 1. The van der Waals surface area contributed by atoms with Crippen molar-refractivity contribution in [1.29, 1.82) is 0 Å². The van der Waals surface area contributed by atoms with Crippen molar-refractivity contribution >= 4 is 5.97 Å². The molecule has 0 saturated carbocycles. The molecule has 0 bridgehead atoms. The van der Waals surface area contributed by atoms with E-state index in [-0.39, 0.29) is 12.2 Å². The Labute approximate surface area is 93.5 Å². The number of aliphatic carboxylic acids is 1. The van der Waals surface area contributed by atoms with Gasteiger partial charge in [-0.2, -0.15) is 0 Å². The molecule has 1 atom stereocenters. The van der Waals surface area contributed by atoms with Crippen molar-refractivity contribution in [2.45, 2.75) is 27.2 Å². The summed E-state index contributed by atoms with van der Waals surface area (Å²) in [6.07, 6.45) is 0.131. The average molecular weight is 226 g/mol. The van der Waals surface area contributed by atoms with Gasteiger partial charge in [-0.15, -0.1) is 0 Å². The van der Waals surface area contributed by atoms with Gasteiger partial charge in [0.25, 0.3) is 0 Å². The standard InChI is InChI=1S/C12H15FO3/c1-6-5-10(13)8(3)9(11(6)14)4-7(2)12(15)16/h5,7,14H,4H2,1-3H3,(H,15,16). The van der Waals surface area contributed by atoms with Crippen molar-refractivity contribution in [1.82, 2.24) is 0 Å². The van der Waals surface area contributed by atoms with E-state index >= 15 is 0 Å². The molecule has 1 aromatic carbocycles. The molecule has 0 aliphatic rings. The lowest BCUT2D eigenvalue weighted by atomic mass is 9.94. The van der Waals surface area contributed by atoms with Crippen LogP contribution in [0.1, 0.15) is 23.6 Å². The summed E-state index contributed by atoms with van der Waals surface area (Å²) in [6, 6.07) is 1.25. The summed E-state index contributed by atoms with van der Waals surface area (Å²) in [7, 11) is 0. The van der Waals surface area contributed by atoms with Crippen LogP contribution in [-0.4, -0.2) is 16.2 Å². The summed E-state index contributed by atoms with van der Waals surface area (Å²) in [5.41, 5.74) is 1.12. The van der Waals surface area contributed by atoms with Crippen LogP contribution in [0.3, 0.4) is 0 Å².